The molecule has 0 unspecified atom stereocenters. The Hall–Kier alpha value is -1.11. The molecule has 0 aromatic heterocycles. The molecular formula is C32H49NO9. The number of fused-ring (bicyclic) bond motifs is 5. The van der Waals surface area contributed by atoms with Crippen molar-refractivity contribution in [2.24, 2.45) is 29.1 Å². The lowest BCUT2D eigenvalue weighted by Crippen LogP contribution is -2.85. The standard InChI is InChI=1S/C32H49NO9/c1-6-18(3)25(35)41-24-11-12-26(4)19-8-9-20-28(37)13-23(34)31(39)21(29(28,38)16-30(20,26)42-32(19,24)40)15-33-14-17(2)7-10-22(33)27(31,5)36/h6,17,19-24,34,36-40H,7-16H2,1-5H3/b18-6-/t17-,19-,20+,21+,22-,23-,24+,26+,27-,28+,29+,30-,31-,32+/m1/s1. The molecule has 4 saturated carbocycles. The molecule has 1 spiro atoms. The lowest BCUT2D eigenvalue weighted by Gasteiger charge is -2.68. The molecule has 0 aromatic rings. The van der Waals surface area contributed by atoms with Gasteiger partial charge in [-0.3, -0.25) is 4.90 Å². The maximum absolute atomic E-state index is 12.9. The monoisotopic (exact) mass is 591 g/mol. The van der Waals surface area contributed by atoms with Gasteiger partial charge in [-0.15, -0.1) is 0 Å². The molecule has 14 atom stereocenters. The third-order valence-electron chi connectivity index (χ3n) is 14.1. The maximum atomic E-state index is 12.9. The molecule has 42 heavy (non-hydrogen) atoms. The van der Waals surface area contributed by atoms with Gasteiger partial charge in [-0.25, -0.2) is 4.79 Å². The summed E-state index contributed by atoms with van der Waals surface area (Å²) in [5.74, 6) is -4.05. The van der Waals surface area contributed by atoms with Crippen molar-refractivity contribution in [3.63, 3.8) is 0 Å². The van der Waals surface area contributed by atoms with Gasteiger partial charge in [0.05, 0.1) is 11.7 Å². The first-order chi connectivity index (χ1) is 19.5. The minimum Gasteiger partial charge on any atom is -0.453 e. The van der Waals surface area contributed by atoms with Crippen molar-refractivity contribution in [2.75, 3.05) is 13.1 Å². The number of esters is 1. The fourth-order valence-corrected chi connectivity index (χ4v) is 11.8. The lowest BCUT2D eigenvalue weighted by molar-refractivity contribution is -0.354. The van der Waals surface area contributed by atoms with E-state index in [9.17, 15) is 35.4 Å². The predicted molar refractivity (Wildman–Crippen MR) is 150 cm³/mol. The van der Waals surface area contributed by atoms with Crippen LogP contribution in [0.2, 0.25) is 0 Å². The highest BCUT2D eigenvalue weighted by atomic mass is 16.7. The average molecular weight is 592 g/mol. The molecule has 7 aliphatic rings. The smallest absolute Gasteiger partial charge is 0.333 e. The number of allylic oxidation sites excluding steroid dienone is 1. The van der Waals surface area contributed by atoms with Crippen LogP contribution in [0.15, 0.2) is 11.6 Å². The minimum atomic E-state index is -2.06. The molecule has 3 heterocycles. The van der Waals surface area contributed by atoms with Crippen LogP contribution in [-0.4, -0.2) is 107 Å². The molecule has 4 bridgehead atoms. The maximum Gasteiger partial charge on any atom is 0.333 e. The Bertz CT molecular complexity index is 1220. The van der Waals surface area contributed by atoms with Gasteiger partial charge in [0.25, 0.3) is 0 Å². The number of aliphatic hydroxyl groups is 6. The molecule has 7 fully saturated rings. The topological polar surface area (TPSA) is 160 Å². The summed E-state index contributed by atoms with van der Waals surface area (Å²) < 4.78 is 12.6. The third-order valence-corrected chi connectivity index (χ3v) is 14.1. The zero-order valence-corrected chi connectivity index (χ0v) is 25.5. The van der Waals surface area contributed by atoms with Crippen LogP contribution in [0, 0.1) is 29.1 Å². The number of carbonyl (C=O) groups excluding carboxylic acids is 1. The van der Waals surface area contributed by atoms with Crippen molar-refractivity contribution in [2.45, 2.75) is 138 Å². The second-order valence-corrected chi connectivity index (χ2v) is 15.7. The highest BCUT2D eigenvalue weighted by Gasteiger charge is 2.88. The lowest BCUT2D eigenvalue weighted by atomic mass is 9.49. The molecule has 10 heteroatoms. The van der Waals surface area contributed by atoms with Gasteiger partial charge in [-0.05, 0) is 65.2 Å². The Kier molecular flexibility index (Phi) is 6.04. The summed E-state index contributed by atoms with van der Waals surface area (Å²) in [6.45, 7) is 10.1. The van der Waals surface area contributed by atoms with Crippen molar-refractivity contribution in [3.8, 4) is 0 Å². The summed E-state index contributed by atoms with van der Waals surface area (Å²) in [4.78, 5) is 14.9. The molecule has 0 aromatic carbocycles. The quantitative estimate of drug-likeness (QED) is 0.202. The van der Waals surface area contributed by atoms with E-state index in [1.54, 1.807) is 26.8 Å². The summed E-state index contributed by atoms with van der Waals surface area (Å²) in [5.41, 5.74) is -8.96. The Morgan fingerprint density at radius 1 is 0.952 bits per heavy atom. The van der Waals surface area contributed by atoms with E-state index in [1.165, 1.54) is 0 Å². The van der Waals surface area contributed by atoms with Crippen molar-refractivity contribution < 1.29 is 44.9 Å². The van der Waals surface area contributed by atoms with Crippen LogP contribution >= 0.6 is 0 Å². The largest absolute Gasteiger partial charge is 0.453 e. The number of aliphatic hydroxyl groups excluding tert-OH is 1. The SMILES string of the molecule is C/C=C(/C)C(=O)O[C@H]1CC[C@@]2(C)[C@H]3CC[C@H]4[C@@]5(O)C[C@@H](O)[C@]6(O)[C@@H](CN7C[C@H](C)CC[C@@H]7[C@@]6(C)O)[C@@]5(O)C[C@@]42O[C@]13O. The Morgan fingerprint density at radius 3 is 2.33 bits per heavy atom. The van der Waals surface area contributed by atoms with E-state index in [2.05, 4.69) is 11.8 Å². The molecule has 236 valence electrons. The van der Waals surface area contributed by atoms with Crippen LogP contribution in [0.3, 0.4) is 0 Å². The number of carbonyl (C=O) groups is 1. The van der Waals surface area contributed by atoms with E-state index in [-0.39, 0.29) is 25.4 Å². The molecule has 10 nitrogen and oxygen atoms in total. The summed E-state index contributed by atoms with van der Waals surface area (Å²) in [5, 5.41) is 73.9. The highest BCUT2D eigenvalue weighted by Crippen LogP contribution is 2.78. The Morgan fingerprint density at radius 2 is 1.64 bits per heavy atom. The zero-order chi connectivity index (χ0) is 30.5. The number of nitrogens with zero attached hydrogens (tertiary/aromatic N) is 1. The van der Waals surface area contributed by atoms with Crippen LogP contribution in [-0.2, 0) is 14.3 Å². The van der Waals surface area contributed by atoms with Crippen LogP contribution in [0.25, 0.3) is 0 Å². The molecule has 3 aliphatic heterocycles. The van der Waals surface area contributed by atoms with E-state index in [1.807, 2.05) is 6.92 Å². The first-order valence-electron chi connectivity index (χ1n) is 16.0. The van der Waals surface area contributed by atoms with Crippen LogP contribution in [0.4, 0.5) is 0 Å². The number of ether oxygens (including phenoxy) is 2. The molecule has 7 rings (SSSR count). The normalized spacial score (nSPS) is 60.3. The van der Waals surface area contributed by atoms with E-state index in [4.69, 9.17) is 9.47 Å². The molecule has 3 saturated heterocycles. The molecule has 4 aliphatic carbocycles. The van der Waals surface area contributed by atoms with Gasteiger partial charge < -0.3 is 40.1 Å². The fourth-order valence-electron chi connectivity index (χ4n) is 11.8. The first-order valence-corrected chi connectivity index (χ1v) is 16.0. The summed E-state index contributed by atoms with van der Waals surface area (Å²) >= 11 is 0. The zero-order valence-electron chi connectivity index (χ0n) is 25.5. The summed E-state index contributed by atoms with van der Waals surface area (Å²) in [7, 11) is 0. The second-order valence-electron chi connectivity index (χ2n) is 15.7. The Labute approximate surface area is 247 Å². The van der Waals surface area contributed by atoms with Crippen molar-refractivity contribution >= 4 is 5.97 Å². The number of rotatable bonds is 2. The number of piperidine rings is 2. The van der Waals surface area contributed by atoms with Gasteiger partial charge >= 0.3 is 5.97 Å². The molecule has 0 amide bonds. The molecular weight excluding hydrogens is 542 g/mol. The first kappa shape index (κ1) is 29.6. The van der Waals surface area contributed by atoms with Gasteiger partial charge in [-0.2, -0.15) is 0 Å². The average Bonchev–Trinajstić information content (AvgIpc) is 3.09. The molecule has 6 N–H and O–H groups in total. The van der Waals surface area contributed by atoms with E-state index >= 15 is 0 Å². The van der Waals surface area contributed by atoms with Gasteiger partial charge in [0.15, 0.2) is 6.10 Å². The summed E-state index contributed by atoms with van der Waals surface area (Å²) in [6, 6.07) is -0.387. The van der Waals surface area contributed by atoms with Crippen molar-refractivity contribution in [1.82, 2.24) is 4.90 Å². The van der Waals surface area contributed by atoms with Gasteiger partial charge in [0.1, 0.15) is 22.4 Å². The summed E-state index contributed by atoms with van der Waals surface area (Å²) in [6.07, 6.45) is 2.30. The van der Waals surface area contributed by atoms with Crippen LogP contribution in [0.5, 0.6) is 0 Å². The van der Waals surface area contributed by atoms with E-state index in [0.29, 0.717) is 50.1 Å². The number of hydrogen-bond acceptors (Lipinski definition) is 10. The van der Waals surface area contributed by atoms with Crippen molar-refractivity contribution in [1.29, 1.82) is 0 Å². The van der Waals surface area contributed by atoms with Gasteiger partial charge in [-0.1, -0.05) is 19.9 Å². The van der Waals surface area contributed by atoms with E-state index < -0.39 is 75.1 Å². The van der Waals surface area contributed by atoms with Gasteiger partial charge in [0.2, 0.25) is 5.79 Å². The van der Waals surface area contributed by atoms with Crippen LogP contribution < -0.4 is 0 Å². The highest BCUT2D eigenvalue weighted by molar-refractivity contribution is 5.87. The second kappa shape index (κ2) is 8.57. The minimum absolute atomic E-state index is 0.0606. The fraction of sp³-hybridized carbons (Fsp3) is 0.906. The number of hydrogen-bond donors (Lipinski definition) is 6. The predicted octanol–water partition coefficient (Wildman–Crippen LogP) is 0.991. The molecule has 0 radical (unpaired) electrons. The third kappa shape index (κ3) is 3.07. The van der Waals surface area contributed by atoms with E-state index in [0.717, 1.165) is 6.42 Å². The van der Waals surface area contributed by atoms with Crippen molar-refractivity contribution in [3.05, 3.63) is 11.6 Å². The Balaban J connectivity index is 1.32. The van der Waals surface area contributed by atoms with Crippen LogP contribution in [0.1, 0.15) is 86.0 Å². The van der Waals surface area contributed by atoms with Gasteiger partial charge in [0, 0.05) is 60.7 Å².